The number of aromatic nitrogens is 1. The van der Waals surface area contributed by atoms with Crippen LogP contribution in [0, 0.1) is 5.82 Å². The van der Waals surface area contributed by atoms with Gasteiger partial charge in [0, 0.05) is 18.7 Å². The number of aromatic amines is 1. The summed E-state index contributed by atoms with van der Waals surface area (Å²) in [6.07, 6.45) is 2.97. The second kappa shape index (κ2) is 4.89. The Morgan fingerprint density at radius 2 is 2.32 bits per heavy atom. The molecule has 1 aromatic heterocycles. The van der Waals surface area contributed by atoms with Gasteiger partial charge in [0.25, 0.3) is 0 Å². The summed E-state index contributed by atoms with van der Waals surface area (Å²) >= 11 is 0. The summed E-state index contributed by atoms with van der Waals surface area (Å²) in [6, 6.07) is 2.72. The Balaban J connectivity index is 1.81. The standard InChI is InChI=1S/C13H13FN2O3/c14-9-4-11-12(19-13(17)16-11)5-10(9)15-6-8-2-1-3-18-7-8/h2,4-5,15H,1,3,6-7H2,(H,16,17). The molecule has 0 saturated carbocycles. The summed E-state index contributed by atoms with van der Waals surface area (Å²) in [4.78, 5) is 13.4. The summed E-state index contributed by atoms with van der Waals surface area (Å²) in [5.41, 5.74) is 2.08. The summed E-state index contributed by atoms with van der Waals surface area (Å²) in [7, 11) is 0. The monoisotopic (exact) mass is 264 g/mol. The third-order valence-electron chi connectivity index (χ3n) is 3.00. The fourth-order valence-corrected chi connectivity index (χ4v) is 2.05. The Morgan fingerprint density at radius 1 is 1.42 bits per heavy atom. The molecule has 0 atom stereocenters. The van der Waals surface area contributed by atoms with Gasteiger partial charge in [-0.05, 0) is 12.0 Å². The van der Waals surface area contributed by atoms with Crippen LogP contribution in [0.5, 0.6) is 0 Å². The van der Waals surface area contributed by atoms with Crippen molar-refractivity contribution in [2.75, 3.05) is 25.1 Å². The molecule has 2 N–H and O–H groups in total. The quantitative estimate of drug-likeness (QED) is 0.832. The zero-order valence-corrected chi connectivity index (χ0v) is 10.2. The van der Waals surface area contributed by atoms with Crippen LogP contribution < -0.4 is 11.1 Å². The molecule has 5 nitrogen and oxygen atoms in total. The second-order valence-corrected chi connectivity index (χ2v) is 4.40. The van der Waals surface area contributed by atoms with Gasteiger partial charge in [0.15, 0.2) is 5.58 Å². The van der Waals surface area contributed by atoms with Crippen LogP contribution in [0.4, 0.5) is 10.1 Å². The van der Waals surface area contributed by atoms with Crippen molar-refractivity contribution in [2.45, 2.75) is 6.42 Å². The van der Waals surface area contributed by atoms with E-state index >= 15 is 0 Å². The van der Waals surface area contributed by atoms with E-state index in [2.05, 4.69) is 16.4 Å². The molecule has 1 aromatic carbocycles. The Morgan fingerprint density at radius 3 is 3.11 bits per heavy atom. The molecule has 0 saturated heterocycles. The molecule has 0 amide bonds. The van der Waals surface area contributed by atoms with Gasteiger partial charge in [-0.3, -0.25) is 4.98 Å². The summed E-state index contributed by atoms with van der Waals surface area (Å²) < 4.78 is 24.0. The minimum Gasteiger partial charge on any atom is -0.408 e. The van der Waals surface area contributed by atoms with Crippen molar-refractivity contribution in [3.63, 3.8) is 0 Å². The highest BCUT2D eigenvalue weighted by molar-refractivity contribution is 5.77. The first kappa shape index (κ1) is 12.0. The topological polar surface area (TPSA) is 67.3 Å². The number of H-pyrrole nitrogens is 1. The fraction of sp³-hybridized carbons (Fsp3) is 0.308. The Bertz CT molecular complexity index is 687. The molecule has 0 fully saturated rings. The smallest absolute Gasteiger partial charge is 0.408 e. The third-order valence-corrected chi connectivity index (χ3v) is 3.00. The van der Waals surface area contributed by atoms with Crippen molar-refractivity contribution in [3.8, 4) is 0 Å². The SMILES string of the molecule is O=c1[nH]c2cc(F)c(NCC3=CCCOC3)cc2o1. The van der Waals surface area contributed by atoms with E-state index < -0.39 is 11.6 Å². The van der Waals surface area contributed by atoms with Gasteiger partial charge in [-0.2, -0.15) is 0 Å². The number of oxazole rings is 1. The maximum atomic E-state index is 13.8. The highest BCUT2D eigenvalue weighted by atomic mass is 19.1. The zero-order valence-electron chi connectivity index (χ0n) is 10.2. The molecule has 0 bridgehead atoms. The van der Waals surface area contributed by atoms with E-state index in [-0.39, 0.29) is 0 Å². The number of halogens is 1. The predicted octanol–water partition coefficient (Wildman–Crippen LogP) is 2.02. The van der Waals surface area contributed by atoms with E-state index in [4.69, 9.17) is 9.15 Å². The van der Waals surface area contributed by atoms with E-state index in [0.717, 1.165) is 18.6 Å². The Labute approximate surface area is 108 Å². The number of anilines is 1. The van der Waals surface area contributed by atoms with Crippen molar-refractivity contribution in [1.82, 2.24) is 4.98 Å². The Hall–Kier alpha value is -2.08. The molecule has 1 aliphatic rings. The average Bonchev–Trinajstić information content (AvgIpc) is 2.76. The lowest BCUT2D eigenvalue weighted by atomic mass is 10.2. The third kappa shape index (κ3) is 2.53. The molecule has 0 radical (unpaired) electrons. The van der Waals surface area contributed by atoms with Crippen LogP contribution in [-0.2, 0) is 4.74 Å². The molecule has 100 valence electrons. The number of fused-ring (bicyclic) bond motifs is 1. The first-order valence-electron chi connectivity index (χ1n) is 6.04. The zero-order chi connectivity index (χ0) is 13.2. The lowest BCUT2D eigenvalue weighted by Gasteiger charge is -2.15. The number of benzene rings is 1. The molecule has 6 heteroatoms. The first-order valence-corrected chi connectivity index (χ1v) is 6.04. The van der Waals surface area contributed by atoms with Crippen LogP contribution in [0.2, 0.25) is 0 Å². The van der Waals surface area contributed by atoms with Gasteiger partial charge in [0.1, 0.15) is 5.82 Å². The summed E-state index contributed by atoms with van der Waals surface area (Å²) in [5, 5.41) is 2.98. The maximum Gasteiger partial charge on any atom is 0.417 e. The number of rotatable bonds is 3. The normalized spacial score (nSPS) is 15.5. The molecule has 0 spiro atoms. The molecule has 2 aromatic rings. The minimum absolute atomic E-state index is 0.307. The van der Waals surface area contributed by atoms with Gasteiger partial charge >= 0.3 is 5.76 Å². The molecular weight excluding hydrogens is 251 g/mol. The van der Waals surface area contributed by atoms with Gasteiger partial charge in [0.05, 0.1) is 24.4 Å². The molecule has 19 heavy (non-hydrogen) atoms. The molecule has 2 heterocycles. The largest absolute Gasteiger partial charge is 0.417 e. The summed E-state index contributed by atoms with van der Waals surface area (Å²) in [6.45, 7) is 1.81. The maximum absolute atomic E-state index is 13.8. The summed E-state index contributed by atoms with van der Waals surface area (Å²) in [5.74, 6) is -1.02. The number of hydrogen-bond donors (Lipinski definition) is 2. The van der Waals surface area contributed by atoms with Crippen molar-refractivity contribution < 1.29 is 13.5 Å². The lowest BCUT2D eigenvalue weighted by Crippen LogP contribution is -2.14. The van der Waals surface area contributed by atoms with Crippen LogP contribution in [0.25, 0.3) is 11.1 Å². The minimum atomic E-state index is -0.588. The van der Waals surface area contributed by atoms with Gasteiger partial charge in [-0.15, -0.1) is 0 Å². The van der Waals surface area contributed by atoms with Crippen LogP contribution >= 0.6 is 0 Å². The van der Waals surface area contributed by atoms with Crippen LogP contribution in [0.3, 0.4) is 0 Å². The van der Waals surface area contributed by atoms with Crippen molar-refractivity contribution in [2.24, 2.45) is 0 Å². The molecular formula is C13H13FN2O3. The first-order chi connectivity index (χ1) is 9.22. The molecule has 0 unspecified atom stereocenters. The number of nitrogens with one attached hydrogen (secondary N) is 2. The van der Waals surface area contributed by atoms with E-state index in [1.807, 2.05) is 0 Å². The number of ether oxygens (including phenoxy) is 1. The van der Waals surface area contributed by atoms with Crippen LogP contribution in [0.1, 0.15) is 6.42 Å². The lowest BCUT2D eigenvalue weighted by molar-refractivity contribution is 0.150. The van der Waals surface area contributed by atoms with Crippen LogP contribution in [-0.4, -0.2) is 24.7 Å². The second-order valence-electron chi connectivity index (χ2n) is 4.40. The average molecular weight is 264 g/mol. The van der Waals surface area contributed by atoms with Crippen molar-refractivity contribution in [3.05, 3.63) is 40.1 Å². The molecule has 3 rings (SSSR count). The van der Waals surface area contributed by atoms with Gasteiger partial charge in [-0.1, -0.05) is 6.08 Å². The molecule has 1 aliphatic heterocycles. The Kier molecular flexibility index (Phi) is 3.08. The molecule has 0 aliphatic carbocycles. The van der Waals surface area contributed by atoms with Crippen molar-refractivity contribution >= 4 is 16.8 Å². The number of hydrogen-bond acceptors (Lipinski definition) is 4. The van der Waals surface area contributed by atoms with Gasteiger partial charge in [0.2, 0.25) is 0 Å². The fourth-order valence-electron chi connectivity index (χ4n) is 2.05. The van der Waals surface area contributed by atoms with E-state index in [9.17, 15) is 9.18 Å². The van der Waals surface area contributed by atoms with Crippen molar-refractivity contribution in [1.29, 1.82) is 0 Å². The van der Waals surface area contributed by atoms with E-state index in [1.54, 1.807) is 0 Å². The van der Waals surface area contributed by atoms with Gasteiger partial charge in [-0.25, -0.2) is 9.18 Å². The van der Waals surface area contributed by atoms with Crippen LogP contribution in [0.15, 0.2) is 33.0 Å². The highest BCUT2D eigenvalue weighted by Gasteiger charge is 2.10. The van der Waals surface area contributed by atoms with E-state index in [1.165, 1.54) is 12.1 Å². The van der Waals surface area contributed by atoms with E-state index in [0.29, 0.717) is 29.9 Å². The highest BCUT2D eigenvalue weighted by Crippen LogP contribution is 2.21. The van der Waals surface area contributed by atoms with Gasteiger partial charge < -0.3 is 14.5 Å². The predicted molar refractivity (Wildman–Crippen MR) is 68.8 cm³/mol.